The Hall–Kier alpha value is -0.590. The van der Waals surface area contributed by atoms with Crippen LogP contribution in [0.3, 0.4) is 0 Å². The van der Waals surface area contributed by atoms with E-state index in [-0.39, 0.29) is 5.82 Å². The number of hydrogen-bond acceptors (Lipinski definition) is 2. The van der Waals surface area contributed by atoms with Crippen LogP contribution >= 0.6 is 22.6 Å². The highest BCUT2D eigenvalue weighted by molar-refractivity contribution is 14.1. The molecule has 48 valence electrons. The Kier molecular flexibility index (Phi) is 1.70. The van der Waals surface area contributed by atoms with Crippen LogP contribution < -0.4 is 0 Å². The minimum atomic E-state index is -0.443. The molecule has 5 heteroatoms. The summed E-state index contributed by atoms with van der Waals surface area (Å²) in [5.74, 6) is 0.0654. The summed E-state index contributed by atoms with van der Waals surface area (Å²) in [6.07, 6.45) is 1.54. The van der Waals surface area contributed by atoms with Gasteiger partial charge in [0.25, 0.3) is 0 Å². The van der Waals surface area contributed by atoms with Gasteiger partial charge in [0.05, 0.1) is 6.20 Å². The molecule has 9 heavy (non-hydrogen) atoms. The number of nitrogens with one attached hydrogen (secondary N) is 1. The van der Waals surface area contributed by atoms with E-state index in [1.807, 2.05) is 22.6 Å². The predicted molar refractivity (Wildman–Crippen MR) is 40.2 cm³/mol. The minimum absolute atomic E-state index is 0.0654. The van der Waals surface area contributed by atoms with Gasteiger partial charge in [0.2, 0.25) is 0 Å². The van der Waals surface area contributed by atoms with Gasteiger partial charge in [-0.3, -0.25) is 0 Å². The fourth-order valence-electron chi connectivity index (χ4n) is 0.482. The van der Waals surface area contributed by atoms with Gasteiger partial charge < -0.3 is 10.1 Å². The molecular weight excluding hydrogens is 235 g/mol. The Morgan fingerprint density at radius 3 is 2.67 bits per heavy atom. The number of nitro groups is 1. The molecule has 0 fully saturated rings. The molecule has 0 amide bonds. The van der Waals surface area contributed by atoms with E-state index in [0.717, 1.165) is 0 Å². The first-order chi connectivity index (χ1) is 4.22. The topological polar surface area (TPSA) is 58.9 Å². The van der Waals surface area contributed by atoms with Crippen LogP contribution in [0.5, 0.6) is 0 Å². The number of H-pyrrole nitrogens is 1. The van der Waals surface area contributed by atoms with Gasteiger partial charge in [0, 0.05) is 0 Å². The Balaban J connectivity index is 3.08. The third-order valence-corrected chi connectivity index (χ3v) is 1.73. The monoisotopic (exact) mass is 238 g/mol. The van der Waals surface area contributed by atoms with E-state index in [1.165, 1.54) is 0 Å². The smallest absolute Gasteiger partial charge is 0.334 e. The number of rotatable bonds is 1. The molecule has 4 nitrogen and oxygen atoms in total. The molecule has 0 aliphatic carbocycles. The molecule has 0 aromatic carbocycles. The zero-order valence-electron chi connectivity index (χ0n) is 4.30. The molecule has 0 unspecified atom stereocenters. The summed E-state index contributed by atoms with van der Waals surface area (Å²) in [5.41, 5.74) is 0. The van der Waals surface area contributed by atoms with Crippen molar-refractivity contribution < 1.29 is 4.92 Å². The molecule has 1 rings (SSSR count). The molecule has 0 aliphatic heterocycles. The Morgan fingerprint density at radius 2 is 2.44 bits per heavy atom. The zero-order chi connectivity index (χ0) is 6.85. The highest BCUT2D eigenvalue weighted by Crippen LogP contribution is 2.16. The molecule has 1 heterocycles. The summed E-state index contributed by atoms with van der Waals surface area (Å²) in [7, 11) is 0. The van der Waals surface area contributed by atoms with Gasteiger partial charge in [0.1, 0.15) is 3.57 Å². The van der Waals surface area contributed by atoms with Crippen molar-refractivity contribution in [2.45, 2.75) is 0 Å². The van der Waals surface area contributed by atoms with Crippen LogP contribution in [0, 0.1) is 13.7 Å². The van der Waals surface area contributed by atoms with E-state index in [1.54, 1.807) is 12.3 Å². The van der Waals surface area contributed by atoms with Crippen LogP contribution in [0.25, 0.3) is 0 Å². The second-order valence-corrected chi connectivity index (χ2v) is 2.59. The van der Waals surface area contributed by atoms with Gasteiger partial charge >= 0.3 is 5.82 Å². The van der Waals surface area contributed by atoms with Gasteiger partial charge in [-0.1, -0.05) is 0 Å². The molecule has 1 aromatic heterocycles. The van der Waals surface area contributed by atoms with E-state index >= 15 is 0 Å². The van der Waals surface area contributed by atoms with Crippen LogP contribution in [0.2, 0.25) is 0 Å². The first kappa shape index (κ1) is 6.53. The molecule has 1 aromatic rings. The molecule has 0 radical (unpaired) electrons. The maximum Gasteiger partial charge on any atom is 0.334 e. The number of aromatic amines is 1. The van der Waals surface area contributed by atoms with Crippen molar-refractivity contribution in [2.24, 2.45) is 0 Å². The first-order valence-electron chi connectivity index (χ1n) is 2.19. The van der Waals surface area contributed by atoms with Crippen molar-refractivity contribution >= 4 is 28.4 Å². The summed E-state index contributed by atoms with van der Waals surface area (Å²) in [4.78, 5) is 12.1. The van der Waals surface area contributed by atoms with Gasteiger partial charge in [-0.05, 0) is 33.6 Å². The summed E-state index contributed by atoms with van der Waals surface area (Å²) >= 11 is 1.90. The number of nitrogens with zero attached hydrogens (tertiary/aromatic N) is 1. The van der Waals surface area contributed by atoms with Crippen LogP contribution in [0.1, 0.15) is 0 Å². The molecule has 1 N–H and O–H groups in total. The van der Waals surface area contributed by atoms with Gasteiger partial charge in [0.15, 0.2) is 0 Å². The van der Waals surface area contributed by atoms with Crippen molar-refractivity contribution in [3.05, 3.63) is 25.9 Å². The number of aromatic nitrogens is 1. The molecule has 0 bridgehead atoms. The van der Waals surface area contributed by atoms with Crippen LogP contribution in [-0.2, 0) is 0 Å². The molecule has 0 atom stereocenters. The highest BCUT2D eigenvalue weighted by Gasteiger charge is 2.08. The Morgan fingerprint density at radius 1 is 1.78 bits per heavy atom. The van der Waals surface area contributed by atoms with Gasteiger partial charge in [-0.15, -0.1) is 0 Å². The predicted octanol–water partition coefficient (Wildman–Crippen LogP) is 1.53. The van der Waals surface area contributed by atoms with E-state index < -0.39 is 4.92 Å². The van der Waals surface area contributed by atoms with Crippen LogP contribution in [-0.4, -0.2) is 9.91 Å². The van der Waals surface area contributed by atoms with E-state index in [0.29, 0.717) is 3.57 Å². The molecule has 0 aliphatic rings. The average molecular weight is 238 g/mol. The van der Waals surface area contributed by atoms with Crippen LogP contribution in [0.15, 0.2) is 12.3 Å². The van der Waals surface area contributed by atoms with Gasteiger partial charge in [-0.2, -0.15) is 0 Å². The average Bonchev–Trinajstić information content (AvgIpc) is 2.13. The quantitative estimate of drug-likeness (QED) is 0.458. The largest absolute Gasteiger partial charge is 0.358 e. The number of hydrogen-bond donors (Lipinski definition) is 1. The van der Waals surface area contributed by atoms with E-state index in [4.69, 9.17) is 0 Å². The van der Waals surface area contributed by atoms with Crippen molar-refractivity contribution in [1.82, 2.24) is 4.98 Å². The zero-order valence-corrected chi connectivity index (χ0v) is 6.45. The normalized spacial score (nSPS) is 9.44. The summed E-state index contributed by atoms with van der Waals surface area (Å²) in [6.45, 7) is 0. The van der Waals surface area contributed by atoms with Crippen molar-refractivity contribution in [3.63, 3.8) is 0 Å². The standard InChI is InChI=1S/C4H3IN2O2/c5-3-1-2-6-4(3)7(8)9/h1-2,6H. The summed E-state index contributed by atoms with van der Waals surface area (Å²) in [6, 6.07) is 1.65. The van der Waals surface area contributed by atoms with Crippen molar-refractivity contribution in [2.75, 3.05) is 0 Å². The third kappa shape index (κ3) is 1.21. The fraction of sp³-hybridized carbons (Fsp3) is 0. The van der Waals surface area contributed by atoms with E-state index in [9.17, 15) is 10.1 Å². The first-order valence-corrected chi connectivity index (χ1v) is 3.27. The SMILES string of the molecule is O=[N+]([O-])c1[nH]ccc1I. The molecular formula is C4H3IN2O2. The second-order valence-electron chi connectivity index (χ2n) is 1.43. The van der Waals surface area contributed by atoms with E-state index in [2.05, 4.69) is 4.98 Å². The molecule has 0 saturated carbocycles. The number of halogens is 1. The van der Waals surface area contributed by atoms with Crippen molar-refractivity contribution in [1.29, 1.82) is 0 Å². The summed E-state index contributed by atoms with van der Waals surface area (Å²) < 4.78 is 0.637. The maximum atomic E-state index is 10.1. The fourth-order valence-corrected chi connectivity index (χ4v) is 1.01. The lowest BCUT2D eigenvalue weighted by Gasteiger charge is -1.87. The third-order valence-electron chi connectivity index (χ3n) is 0.859. The summed E-state index contributed by atoms with van der Waals surface area (Å²) in [5, 5.41) is 10.1. The minimum Gasteiger partial charge on any atom is -0.358 e. The molecule has 0 saturated heterocycles. The molecule has 0 spiro atoms. The Labute approximate surface area is 64.6 Å². The van der Waals surface area contributed by atoms with Gasteiger partial charge in [-0.25, -0.2) is 4.98 Å². The van der Waals surface area contributed by atoms with Crippen LogP contribution in [0.4, 0.5) is 5.82 Å². The second kappa shape index (κ2) is 2.34. The lowest BCUT2D eigenvalue weighted by Crippen LogP contribution is -1.88. The highest BCUT2D eigenvalue weighted by atomic mass is 127. The lowest BCUT2D eigenvalue weighted by atomic mass is 10.6. The van der Waals surface area contributed by atoms with Crippen molar-refractivity contribution in [3.8, 4) is 0 Å². The Bertz CT molecular complexity index is 232. The lowest BCUT2D eigenvalue weighted by molar-refractivity contribution is -0.390. The maximum absolute atomic E-state index is 10.1.